The summed E-state index contributed by atoms with van der Waals surface area (Å²) in [6.45, 7) is -1.51. The summed E-state index contributed by atoms with van der Waals surface area (Å²) >= 11 is 5.89. The van der Waals surface area contributed by atoms with Gasteiger partial charge in [0.05, 0.1) is 18.5 Å². The lowest BCUT2D eigenvalue weighted by Crippen LogP contribution is -2.45. The summed E-state index contributed by atoms with van der Waals surface area (Å²) in [6.07, 6.45) is 1.29. The van der Waals surface area contributed by atoms with Crippen LogP contribution in [0.3, 0.4) is 0 Å². The van der Waals surface area contributed by atoms with E-state index in [-0.39, 0.29) is 18.3 Å². The summed E-state index contributed by atoms with van der Waals surface area (Å²) < 4.78 is 26.1. The highest BCUT2D eigenvalue weighted by Crippen LogP contribution is 2.48. The molecule has 1 aromatic carbocycles. The Morgan fingerprint density at radius 1 is 1.45 bits per heavy atom. The lowest BCUT2D eigenvalue weighted by atomic mass is 9.95. The van der Waals surface area contributed by atoms with E-state index < -0.39 is 24.4 Å². The van der Waals surface area contributed by atoms with E-state index in [1.54, 1.807) is 24.3 Å². The standard InChI is InChI=1S/C13H15ClF2N2O.ClH/c14-10-3-1-2-9(6-10)12(4-5-12)11(19)18-8-13(15,16)7-17;/h1-3,6H,4-5,7-8,17H2,(H,18,19);1H. The second kappa shape index (κ2) is 6.24. The maximum Gasteiger partial charge on any atom is 0.277 e. The van der Waals surface area contributed by atoms with Crippen molar-refractivity contribution in [1.82, 2.24) is 5.32 Å². The number of halogens is 4. The van der Waals surface area contributed by atoms with Crippen LogP contribution < -0.4 is 11.1 Å². The van der Waals surface area contributed by atoms with Crippen LogP contribution in [0, 0.1) is 0 Å². The minimum Gasteiger partial charge on any atom is -0.349 e. The van der Waals surface area contributed by atoms with Crippen LogP contribution >= 0.6 is 24.0 Å². The van der Waals surface area contributed by atoms with E-state index in [0.717, 1.165) is 5.56 Å². The molecular formula is C13H16Cl2F2N2O. The maximum atomic E-state index is 13.0. The molecule has 112 valence electrons. The van der Waals surface area contributed by atoms with Gasteiger partial charge in [0.25, 0.3) is 5.92 Å². The van der Waals surface area contributed by atoms with Gasteiger partial charge in [0.2, 0.25) is 5.91 Å². The van der Waals surface area contributed by atoms with E-state index in [1.807, 2.05) is 0 Å². The molecule has 0 aromatic heterocycles. The molecule has 3 N–H and O–H groups in total. The van der Waals surface area contributed by atoms with Crippen molar-refractivity contribution in [2.75, 3.05) is 13.1 Å². The Morgan fingerprint density at radius 3 is 2.60 bits per heavy atom. The number of hydrogen-bond donors (Lipinski definition) is 2. The monoisotopic (exact) mass is 324 g/mol. The molecule has 0 radical (unpaired) electrons. The van der Waals surface area contributed by atoms with Crippen LogP contribution in [0.5, 0.6) is 0 Å². The summed E-state index contributed by atoms with van der Waals surface area (Å²) in [5.74, 6) is -3.46. The van der Waals surface area contributed by atoms with Crippen molar-refractivity contribution in [2.24, 2.45) is 5.73 Å². The number of carbonyl (C=O) groups is 1. The van der Waals surface area contributed by atoms with E-state index in [0.29, 0.717) is 17.9 Å². The van der Waals surface area contributed by atoms with Crippen LogP contribution in [-0.4, -0.2) is 24.9 Å². The van der Waals surface area contributed by atoms with Crippen LogP contribution in [0.15, 0.2) is 24.3 Å². The minimum absolute atomic E-state index is 0. The molecule has 1 aromatic rings. The predicted octanol–water partition coefficient (Wildman–Crippen LogP) is 2.50. The summed E-state index contributed by atoms with van der Waals surface area (Å²) in [6, 6.07) is 6.95. The summed E-state index contributed by atoms with van der Waals surface area (Å²) in [7, 11) is 0. The quantitative estimate of drug-likeness (QED) is 0.874. The number of rotatable bonds is 5. The van der Waals surface area contributed by atoms with E-state index >= 15 is 0 Å². The third kappa shape index (κ3) is 3.59. The first-order valence-corrected chi connectivity index (χ1v) is 6.40. The number of carbonyl (C=O) groups excluding carboxylic acids is 1. The predicted molar refractivity (Wildman–Crippen MR) is 76.6 cm³/mol. The Morgan fingerprint density at radius 2 is 2.10 bits per heavy atom. The summed E-state index contributed by atoms with van der Waals surface area (Å²) in [5, 5.41) is 2.81. The third-order valence-corrected chi connectivity index (χ3v) is 3.60. The first-order chi connectivity index (χ1) is 8.89. The summed E-state index contributed by atoms with van der Waals surface area (Å²) in [4.78, 5) is 12.1. The normalized spacial score (nSPS) is 16.2. The van der Waals surface area contributed by atoms with Crippen LogP contribution in [0.4, 0.5) is 8.78 Å². The Balaban J connectivity index is 0.00000200. The van der Waals surface area contributed by atoms with Gasteiger partial charge in [-0.05, 0) is 30.5 Å². The largest absolute Gasteiger partial charge is 0.349 e. The van der Waals surface area contributed by atoms with Crippen molar-refractivity contribution in [3.8, 4) is 0 Å². The van der Waals surface area contributed by atoms with Crippen LogP contribution in [0.1, 0.15) is 18.4 Å². The zero-order chi connectivity index (χ0) is 14.1. The highest BCUT2D eigenvalue weighted by Gasteiger charge is 2.51. The van der Waals surface area contributed by atoms with Gasteiger partial charge in [-0.15, -0.1) is 12.4 Å². The van der Waals surface area contributed by atoms with E-state index in [2.05, 4.69) is 5.32 Å². The van der Waals surface area contributed by atoms with Crippen molar-refractivity contribution >= 4 is 29.9 Å². The van der Waals surface area contributed by atoms with Crippen molar-refractivity contribution < 1.29 is 13.6 Å². The van der Waals surface area contributed by atoms with Crippen molar-refractivity contribution in [1.29, 1.82) is 0 Å². The Labute approximate surface area is 127 Å². The molecule has 1 fully saturated rings. The lowest BCUT2D eigenvalue weighted by molar-refractivity contribution is -0.125. The molecule has 0 aliphatic heterocycles. The molecule has 3 nitrogen and oxygen atoms in total. The molecule has 1 amide bonds. The average molecular weight is 325 g/mol. The summed E-state index contributed by atoms with van der Waals surface area (Å²) in [5.41, 5.74) is 5.00. The van der Waals surface area contributed by atoms with Crippen LogP contribution in [0.25, 0.3) is 0 Å². The Kier molecular flexibility index (Phi) is 5.35. The van der Waals surface area contributed by atoms with Gasteiger partial charge in [0.15, 0.2) is 0 Å². The molecule has 0 unspecified atom stereocenters. The van der Waals surface area contributed by atoms with Crippen molar-refractivity contribution in [3.63, 3.8) is 0 Å². The SMILES string of the molecule is Cl.NCC(F)(F)CNC(=O)C1(c2cccc(Cl)c2)CC1. The van der Waals surface area contributed by atoms with Gasteiger partial charge in [-0.3, -0.25) is 4.79 Å². The fraction of sp³-hybridized carbons (Fsp3) is 0.462. The molecule has 0 saturated heterocycles. The highest BCUT2D eigenvalue weighted by atomic mass is 35.5. The van der Waals surface area contributed by atoms with Crippen molar-refractivity contribution in [3.05, 3.63) is 34.9 Å². The fourth-order valence-corrected chi connectivity index (χ4v) is 2.20. The molecule has 20 heavy (non-hydrogen) atoms. The number of nitrogens with two attached hydrogens (primary N) is 1. The molecule has 0 bridgehead atoms. The topological polar surface area (TPSA) is 55.1 Å². The second-order valence-electron chi connectivity index (χ2n) is 4.84. The molecule has 0 atom stereocenters. The number of benzene rings is 1. The van der Waals surface area contributed by atoms with Crippen LogP contribution in [-0.2, 0) is 10.2 Å². The molecular weight excluding hydrogens is 309 g/mol. The molecule has 2 rings (SSSR count). The Hall–Kier alpha value is -0.910. The lowest BCUT2D eigenvalue weighted by Gasteiger charge is -2.19. The molecule has 1 aliphatic carbocycles. The van der Waals surface area contributed by atoms with Gasteiger partial charge in [-0.1, -0.05) is 23.7 Å². The first kappa shape index (κ1) is 17.1. The van der Waals surface area contributed by atoms with Crippen molar-refractivity contribution in [2.45, 2.75) is 24.2 Å². The first-order valence-electron chi connectivity index (χ1n) is 6.02. The second-order valence-corrected chi connectivity index (χ2v) is 5.27. The number of hydrogen-bond acceptors (Lipinski definition) is 2. The molecule has 0 spiro atoms. The molecule has 7 heteroatoms. The number of alkyl halides is 2. The molecule has 1 saturated carbocycles. The number of nitrogens with one attached hydrogen (secondary N) is 1. The Bertz CT molecular complexity index is 493. The zero-order valence-electron chi connectivity index (χ0n) is 10.7. The van der Waals surface area contributed by atoms with E-state index in [9.17, 15) is 13.6 Å². The van der Waals surface area contributed by atoms with Gasteiger partial charge < -0.3 is 11.1 Å². The van der Waals surface area contributed by atoms with Gasteiger partial charge in [0, 0.05) is 5.02 Å². The minimum atomic E-state index is -3.07. The fourth-order valence-electron chi connectivity index (χ4n) is 2.01. The third-order valence-electron chi connectivity index (χ3n) is 3.37. The van der Waals surface area contributed by atoms with E-state index in [4.69, 9.17) is 17.3 Å². The van der Waals surface area contributed by atoms with Gasteiger partial charge in [0.1, 0.15) is 0 Å². The highest BCUT2D eigenvalue weighted by molar-refractivity contribution is 6.30. The van der Waals surface area contributed by atoms with E-state index in [1.165, 1.54) is 0 Å². The smallest absolute Gasteiger partial charge is 0.277 e. The zero-order valence-corrected chi connectivity index (χ0v) is 12.2. The van der Waals surface area contributed by atoms with Gasteiger partial charge >= 0.3 is 0 Å². The number of amides is 1. The average Bonchev–Trinajstić information content (AvgIpc) is 3.18. The van der Waals surface area contributed by atoms with Crippen LogP contribution in [0.2, 0.25) is 5.02 Å². The van der Waals surface area contributed by atoms with Gasteiger partial charge in [-0.25, -0.2) is 8.78 Å². The molecule has 0 heterocycles. The van der Waals surface area contributed by atoms with Gasteiger partial charge in [-0.2, -0.15) is 0 Å². The maximum absolute atomic E-state index is 13.0. The molecule has 1 aliphatic rings.